The van der Waals surface area contributed by atoms with Gasteiger partial charge in [-0.2, -0.15) is 39.5 Å². The lowest BCUT2D eigenvalue weighted by atomic mass is 9.87. The Morgan fingerprint density at radius 2 is 1.31 bits per heavy atom. The molecule has 2 nitrogen and oxygen atoms in total. The molecule has 0 N–H and O–H groups in total. The highest BCUT2D eigenvalue weighted by Crippen LogP contribution is 2.53. The highest BCUT2D eigenvalue weighted by atomic mass is 19.4. The van der Waals surface area contributed by atoms with Gasteiger partial charge in [0.05, 0.1) is 5.52 Å². The Balaban J connectivity index is 1.96. The van der Waals surface area contributed by atoms with Crippen molar-refractivity contribution in [2.45, 2.75) is 44.5 Å². The summed E-state index contributed by atoms with van der Waals surface area (Å²) in [6.45, 7) is 2.30. The van der Waals surface area contributed by atoms with Crippen LogP contribution in [0.2, 0.25) is 0 Å². The molecule has 1 heterocycles. The van der Waals surface area contributed by atoms with E-state index in [1.165, 1.54) is 18.2 Å². The van der Waals surface area contributed by atoms with E-state index >= 15 is 0 Å². The van der Waals surface area contributed by atoms with Crippen molar-refractivity contribution in [2.75, 3.05) is 0 Å². The molecule has 1 aromatic heterocycles. The second-order valence-corrected chi connectivity index (χ2v) is 7.94. The molecule has 0 spiro atoms. The molecule has 0 aliphatic heterocycles. The van der Waals surface area contributed by atoms with Gasteiger partial charge in [0.15, 0.2) is 5.78 Å². The number of pyridine rings is 1. The number of alkyl halides is 10. The van der Waals surface area contributed by atoms with Crippen molar-refractivity contribution in [1.29, 1.82) is 0 Å². The van der Waals surface area contributed by atoms with Gasteiger partial charge in [0.1, 0.15) is 5.69 Å². The zero-order chi connectivity index (χ0) is 26.6. The fourth-order valence-corrected chi connectivity index (χ4v) is 3.68. The van der Waals surface area contributed by atoms with Crippen LogP contribution >= 0.6 is 0 Å². The lowest BCUT2D eigenvalue weighted by Crippen LogP contribution is -2.50. The second-order valence-electron chi connectivity index (χ2n) is 7.94. The first-order chi connectivity index (χ1) is 15.9. The molecule has 188 valence electrons. The van der Waals surface area contributed by atoms with Crippen molar-refractivity contribution in [2.24, 2.45) is 0 Å². The number of hydrogen-bond donors (Lipinski definition) is 0. The minimum atomic E-state index is -6.27. The molecule has 0 bridgehead atoms. The first-order valence-corrected chi connectivity index (χ1v) is 9.80. The third-order valence-corrected chi connectivity index (χ3v) is 5.51. The van der Waals surface area contributed by atoms with Gasteiger partial charge in [0, 0.05) is 22.9 Å². The van der Waals surface area contributed by atoms with E-state index in [9.17, 15) is 48.7 Å². The summed E-state index contributed by atoms with van der Waals surface area (Å²) in [5, 5.41) is 0.213. The monoisotopic (exact) mass is 511 g/mol. The van der Waals surface area contributed by atoms with Gasteiger partial charge < -0.3 is 0 Å². The molecule has 2 aromatic carbocycles. The van der Waals surface area contributed by atoms with Crippen LogP contribution in [0.3, 0.4) is 0 Å². The van der Waals surface area contributed by atoms with E-state index < -0.39 is 47.7 Å². The van der Waals surface area contributed by atoms with Crippen LogP contribution in [0, 0.1) is 13.8 Å². The van der Waals surface area contributed by atoms with E-state index in [1.54, 1.807) is 0 Å². The van der Waals surface area contributed by atoms with Gasteiger partial charge in [-0.25, -0.2) is 9.37 Å². The number of aromatic nitrogens is 1. The highest BCUT2D eigenvalue weighted by Gasteiger charge is 2.73. The Labute approximate surface area is 191 Å². The zero-order valence-electron chi connectivity index (χ0n) is 17.9. The number of aryl methyl sites for hydroxylation is 2. The number of Topliss-reactive ketones (excluding diaryl/α,β-unsaturated/α-hetero) is 1. The predicted octanol–water partition coefficient (Wildman–Crippen LogP) is 7.59. The smallest absolute Gasteiger partial charge is 0.294 e. The lowest BCUT2D eigenvalue weighted by Gasteiger charge is -2.31. The minimum absolute atomic E-state index is 0.0346. The van der Waals surface area contributed by atoms with Crippen LogP contribution in [0.25, 0.3) is 10.9 Å². The Bertz CT molecular complexity index is 1250. The normalized spacial score (nSPS) is 13.4. The minimum Gasteiger partial charge on any atom is -0.294 e. The number of carbonyl (C=O) groups is 1. The molecule has 12 heteroatoms. The summed E-state index contributed by atoms with van der Waals surface area (Å²) in [6.07, 6.45) is -17.7. The Kier molecular flexibility index (Phi) is 6.41. The van der Waals surface area contributed by atoms with Crippen molar-refractivity contribution >= 4 is 16.7 Å². The molecule has 3 rings (SSSR count). The number of halogens is 10. The number of nitrogens with zero attached hydrogens (tertiary/aromatic N) is 1. The maximum Gasteiger partial charge on any atom is 0.435 e. The average molecular weight is 511 g/mol. The molecule has 0 atom stereocenters. The maximum absolute atomic E-state index is 14.4. The standard InChI is InChI=1S/C23H15F10NO/c1-11-7-15(20(24,22(28,29)30)23(31,32)33)8-12(2)16(11)10-18(35)14-3-5-17-13(9-14)4-6-19(34-17)21(25,26)27/h3-9H,10H2,1-2H3. The molecule has 0 fully saturated rings. The predicted molar refractivity (Wildman–Crippen MR) is 106 cm³/mol. The van der Waals surface area contributed by atoms with Crippen molar-refractivity contribution in [1.82, 2.24) is 4.98 Å². The van der Waals surface area contributed by atoms with Gasteiger partial charge in [-0.05, 0) is 54.8 Å². The van der Waals surface area contributed by atoms with Crippen molar-refractivity contribution in [3.05, 3.63) is 76.0 Å². The molecule has 0 unspecified atom stereocenters. The summed E-state index contributed by atoms with van der Waals surface area (Å²) in [5.41, 5.74) is -8.62. The Hall–Kier alpha value is -3.18. The van der Waals surface area contributed by atoms with E-state index in [4.69, 9.17) is 0 Å². The molecule has 0 aliphatic carbocycles. The molecule has 0 radical (unpaired) electrons. The third-order valence-electron chi connectivity index (χ3n) is 5.51. The third kappa shape index (κ3) is 4.83. The molecular weight excluding hydrogens is 496 g/mol. The van der Waals surface area contributed by atoms with Crippen molar-refractivity contribution in [3.8, 4) is 0 Å². The molecule has 3 aromatic rings. The van der Waals surface area contributed by atoms with Crippen LogP contribution in [-0.4, -0.2) is 23.1 Å². The molecule has 35 heavy (non-hydrogen) atoms. The van der Waals surface area contributed by atoms with Crippen molar-refractivity contribution in [3.63, 3.8) is 0 Å². The van der Waals surface area contributed by atoms with Crippen LogP contribution in [-0.2, 0) is 18.3 Å². The summed E-state index contributed by atoms with van der Waals surface area (Å²) >= 11 is 0. The first kappa shape index (κ1) is 26.4. The van der Waals surface area contributed by atoms with Gasteiger partial charge >= 0.3 is 24.2 Å². The zero-order valence-corrected chi connectivity index (χ0v) is 17.9. The van der Waals surface area contributed by atoms with Crippen molar-refractivity contribution < 1.29 is 48.7 Å². The fraction of sp³-hybridized carbons (Fsp3) is 0.304. The Morgan fingerprint density at radius 1 is 0.771 bits per heavy atom. The molecule has 0 amide bonds. The first-order valence-electron chi connectivity index (χ1n) is 9.80. The maximum atomic E-state index is 14.4. The van der Waals surface area contributed by atoms with Crippen LogP contribution < -0.4 is 0 Å². The van der Waals surface area contributed by atoms with Crippen LogP contribution in [0.5, 0.6) is 0 Å². The number of rotatable bonds is 4. The van der Waals surface area contributed by atoms with Crippen LogP contribution in [0.15, 0.2) is 42.5 Å². The summed E-state index contributed by atoms with van der Waals surface area (Å²) in [4.78, 5) is 16.2. The summed E-state index contributed by atoms with van der Waals surface area (Å²) in [5.74, 6) is -0.607. The quantitative estimate of drug-likeness (QED) is 0.267. The van der Waals surface area contributed by atoms with Crippen LogP contribution in [0.4, 0.5) is 43.9 Å². The average Bonchev–Trinajstić information content (AvgIpc) is 2.72. The molecule has 0 saturated carbocycles. The SMILES string of the molecule is Cc1cc(C(F)(C(F)(F)F)C(F)(F)F)cc(C)c1CC(=O)c1ccc2nc(C(F)(F)F)ccc2c1. The summed E-state index contributed by atoms with van der Waals surface area (Å²) in [7, 11) is 0. The van der Waals surface area contributed by atoms with Gasteiger partial charge in [-0.1, -0.05) is 18.2 Å². The van der Waals surface area contributed by atoms with Gasteiger partial charge in [0.25, 0.3) is 0 Å². The van der Waals surface area contributed by atoms with Gasteiger partial charge in [-0.3, -0.25) is 4.79 Å². The van der Waals surface area contributed by atoms with E-state index in [0.29, 0.717) is 12.1 Å². The van der Waals surface area contributed by atoms with Gasteiger partial charge in [0.2, 0.25) is 0 Å². The molecule has 0 aliphatic rings. The topological polar surface area (TPSA) is 30.0 Å². The Morgan fingerprint density at radius 3 is 1.80 bits per heavy atom. The largest absolute Gasteiger partial charge is 0.435 e. The molecule has 0 saturated heterocycles. The highest BCUT2D eigenvalue weighted by molar-refractivity contribution is 6.00. The van der Waals surface area contributed by atoms with E-state index in [0.717, 1.165) is 26.0 Å². The van der Waals surface area contributed by atoms with E-state index in [-0.39, 0.29) is 33.2 Å². The lowest BCUT2D eigenvalue weighted by molar-refractivity contribution is -0.348. The molecular formula is C23H15F10NO. The van der Waals surface area contributed by atoms with Gasteiger partial charge in [-0.15, -0.1) is 0 Å². The van der Waals surface area contributed by atoms with E-state index in [1.807, 2.05) is 0 Å². The number of benzene rings is 2. The second kappa shape index (κ2) is 8.49. The number of ketones is 1. The number of fused-ring (bicyclic) bond motifs is 1. The summed E-state index contributed by atoms with van der Waals surface area (Å²) in [6, 6.07) is 6.31. The summed E-state index contributed by atoms with van der Waals surface area (Å²) < 4.78 is 131. The van der Waals surface area contributed by atoms with E-state index in [2.05, 4.69) is 4.98 Å². The number of carbonyl (C=O) groups excluding carboxylic acids is 1. The number of hydrogen-bond acceptors (Lipinski definition) is 2. The van der Waals surface area contributed by atoms with Crippen LogP contribution in [0.1, 0.15) is 38.3 Å². The fourth-order valence-electron chi connectivity index (χ4n) is 3.68.